The number of thiazole rings is 1. The molecular weight excluding hydrogens is 545 g/mol. The normalized spacial score (nSPS) is 19.9. The number of carbonyl (C=O) groups excluding carboxylic acids is 2. The zero-order chi connectivity index (χ0) is 28.6. The van der Waals surface area contributed by atoms with E-state index in [1.54, 1.807) is 0 Å². The van der Waals surface area contributed by atoms with Crippen LogP contribution >= 0.6 is 11.3 Å². The molecule has 1 unspecified atom stereocenters. The van der Waals surface area contributed by atoms with Crippen LogP contribution in [0.15, 0.2) is 33.7 Å². The monoisotopic (exact) mass is 566 g/mol. The molecule has 0 bridgehead atoms. The molecule has 3 rings (SSSR count). The highest BCUT2D eigenvalue weighted by Crippen LogP contribution is 2.45. The molecule has 20 heteroatoms. The summed E-state index contributed by atoms with van der Waals surface area (Å²) in [5, 5.41) is 14.9. The molecule has 1 aromatic rings. The molecule has 206 valence electrons. The van der Waals surface area contributed by atoms with Crippen molar-refractivity contribution in [3.63, 3.8) is 0 Å². The summed E-state index contributed by atoms with van der Waals surface area (Å²) in [5.74, 6) is -0.655. The number of alkyl halides is 3. The fourth-order valence-corrected chi connectivity index (χ4v) is 5.19. The number of likely N-dealkylation sites (tertiary alicyclic amines) is 1. The van der Waals surface area contributed by atoms with Crippen molar-refractivity contribution in [3.8, 4) is 0 Å². The van der Waals surface area contributed by atoms with Crippen LogP contribution in [0.25, 0.3) is 36.9 Å². The Morgan fingerprint density at radius 1 is 1.21 bits per heavy atom. The minimum Gasteiger partial charge on any atom is -0.384 e. The molecule has 2 aliphatic heterocycles. The van der Waals surface area contributed by atoms with E-state index in [4.69, 9.17) is 22.3 Å². The first-order valence-corrected chi connectivity index (χ1v) is 12.0. The molecule has 3 amide bonds. The number of halogens is 3. The van der Waals surface area contributed by atoms with E-state index in [1.165, 1.54) is 23.3 Å². The number of amides is 3. The van der Waals surface area contributed by atoms with Crippen LogP contribution < -0.4 is 16.4 Å². The number of nitrogens with two attached hydrogens (primary N) is 1. The lowest BCUT2D eigenvalue weighted by atomic mass is 9.77. The summed E-state index contributed by atoms with van der Waals surface area (Å²) < 4.78 is 43.1. The zero-order valence-electron chi connectivity index (χ0n) is 20.0. The van der Waals surface area contributed by atoms with Crippen LogP contribution in [-0.2, 0) is 11.3 Å². The average Bonchev–Trinajstić information content (AvgIpc) is 3.55. The standard InChI is InChI=1S/C19H21F3N14O2S/c20-19(21,22)18(8-29-34-25,9-30-35-26)13-6-10(3-4-27-13)14-11(7-28-33-24)31-16(39-14)32-17(38)36-5-1-2-12(36)15(23)37/h3-4,6,12-13,27H,1-2,5,7-9H2,(H2,23,37)(H,31,32,38)/t12-,13?/m0/s1. The van der Waals surface area contributed by atoms with E-state index >= 15 is 0 Å². The number of hydrogen-bond donors (Lipinski definition) is 3. The van der Waals surface area contributed by atoms with Crippen LogP contribution in [0.2, 0.25) is 0 Å². The van der Waals surface area contributed by atoms with Crippen molar-refractivity contribution in [1.82, 2.24) is 15.2 Å². The molecule has 1 saturated heterocycles. The molecule has 16 nitrogen and oxygen atoms in total. The van der Waals surface area contributed by atoms with Gasteiger partial charge < -0.3 is 16.0 Å². The number of nitrogens with zero attached hydrogens (tertiary/aromatic N) is 11. The SMILES string of the molecule is [N-]=[N+]=NCc1nc(NC(=O)N2CCC[C@H]2C(N)=O)sc1C1=CC(C(CN=[N+]=[N-])(CN=[N+]=[N-])C(F)(F)F)NC=C1. The number of carbonyl (C=O) groups is 2. The highest BCUT2D eigenvalue weighted by Gasteiger charge is 2.58. The van der Waals surface area contributed by atoms with Gasteiger partial charge in [-0.1, -0.05) is 32.8 Å². The van der Waals surface area contributed by atoms with Gasteiger partial charge in [-0.25, -0.2) is 9.78 Å². The van der Waals surface area contributed by atoms with Crippen molar-refractivity contribution in [1.29, 1.82) is 0 Å². The third kappa shape index (κ3) is 6.27. The van der Waals surface area contributed by atoms with Gasteiger partial charge in [-0.15, -0.1) is 0 Å². The molecule has 1 fully saturated rings. The van der Waals surface area contributed by atoms with Gasteiger partial charge >= 0.3 is 12.2 Å². The van der Waals surface area contributed by atoms with E-state index in [2.05, 4.69) is 45.7 Å². The number of aromatic nitrogens is 1. The molecule has 4 N–H and O–H groups in total. The van der Waals surface area contributed by atoms with E-state index in [1.807, 2.05) is 0 Å². The van der Waals surface area contributed by atoms with Crippen LogP contribution in [0.3, 0.4) is 0 Å². The molecule has 0 spiro atoms. The van der Waals surface area contributed by atoms with Gasteiger partial charge in [-0.05, 0) is 47.3 Å². The molecular formula is C19H21F3N14O2S. The lowest BCUT2D eigenvalue weighted by Gasteiger charge is -2.40. The fraction of sp³-hybridized carbons (Fsp3) is 0.526. The van der Waals surface area contributed by atoms with Crippen LogP contribution in [0, 0.1) is 5.41 Å². The largest absolute Gasteiger partial charge is 0.397 e. The maximum absolute atomic E-state index is 14.4. The van der Waals surface area contributed by atoms with Crippen LogP contribution in [-0.4, -0.2) is 59.7 Å². The van der Waals surface area contributed by atoms with Gasteiger partial charge in [0.15, 0.2) is 5.13 Å². The average molecular weight is 567 g/mol. The summed E-state index contributed by atoms with van der Waals surface area (Å²) in [4.78, 5) is 37.8. The minimum atomic E-state index is -4.96. The molecule has 0 aromatic carbocycles. The van der Waals surface area contributed by atoms with E-state index in [0.29, 0.717) is 19.4 Å². The van der Waals surface area contributed by atoms with Crippen LogP contribution in [0.5, 0.6) is 0 Å². The van der Waals surface area contributed by atoms with Crippen LogP contribution in [0.1, 0.15) is 23.4 Å². The summed E-state index contributed by atoms with van der Waals surface area (Å²) in [6.07, 6.45) is -0.0920. The van der Waals surface area contributed by atoms with Gasteiger partial charge in [0.1, 0.15) is 11.5 Å². The summed E-state index contributed by atoms with van der Waals surface area (Å²) in [6, 6.07) is -2.97. The second kappa shape index (κ2) is 12.3. The molecule has 2 aliphatic rings. The molecule has 3 heterocycles. The first-order chi connectivity index (χ1) is 18.6. The third-order valence-electron chi connectivity index (χ3n) is 6.18. The second-order valence-electron chi connectivity index (χ2n) is 8.40. The van der Waals surface area contributed by atoms with Gasteiger partial charge in [-0.2, -0.15) is 13.2 Å². The molecule has 0 saturated carbocycles. The van der Waals surface area contributed by atoms with Crippen molar-refractivity contribution >= 4 is 34.0 Å². The predicted molar refractivity (Wildman–Crippen MR) is 133 cm³/mol. The Bertz CT molecular complexity index is 1300. The fourth-order valence-electron chi connectivity index (χ4n) is 4.22. The second-order valence-corrected chi connectivity index (χ2v) is 9.40. The highest BCUT2D eigenvalue weighted by atomic mass is 32.1. The van der Waals surface area contributed by atoms with Crippen molar-refractivity contribution in [3.05, 3.63) is 60.3 Å². The Hall–Kier alpha value is -4.63. The molecule has 0 radical (unpaired) electrons. The van der Waals surface area contributed by atoms with Gasteiger partial charge in [-0.3, -0.25) is 10.1 Å². The number of dihydropyridines is 1. The number of urea groups is 1. The predicted octanol–water partition coefficient (Wildman–Crippen LogP) is 4.47. The Balaban J connectivity index is 2.02. The molecule has 2 atom stereocenters. The first-order valence-electron chi connectivity index (χ1n) is 11.2. The Labute approximate surface area is 221 Å². The zero-order valence-corrected chi connectivity index (χ0v) is 20.8. The van der Waals surface area contributed by atoms with Crippen LogP contribution in [0.4, 0.5) is 23.1 Å². The lowest BCUT2D eigenvalue weighted by Crippen LogP contribution is -2.56. The molecule has 39 heavy (non-hydrogen) atoms. The summed E-state index contributed by atoms with van der Waals surface area (Å²) >= 11 is 0.907. The van der Waals surface area contributed by atoms with Crippen molar-refractivity contribution < 1.29 is 22.8 Å². The number of rotatable bonds is 10. The topological polar surface area (TPSA) is 247 Å². The number of nitrogens with one attached hydrogen (secondary N) is 2. The maximum atomic E-state index is 14.4. The van der Waals surface area contributed by atoms with Gasteiger partial charge in [0.2, 0.25) is 5.91 Å². The quantitative estimate of drug-likeness (QED) is 0.210. The molecule has 1 aromatic heterocycles. The van der Waals surface area contributed by atoms with Gasteiger partial charge in [0.05, 0.1) is 23.2 Å². The molecule has 0 aliphatic carbocycles. The smallest absolute Gasteiger partial charge is 0.384 e. The third-order valence-corrected chi connectivity index (χ3v) is 7.24. The van der Waals surface area contributed by atoms with Crippen molar-refractivity contribution in [2.45, 2.75) is 37.6 Å². The lowest BCUT2D eigenvalue weighted by molar-refractivity contribution is -0.222. The van der Waals surface area contributed by atoms with Gasteiger partial charge in [0.25, 0.3) is 0 Å². The first kappa shape index (κ1) is 28.9. The van der Waals surface area contributed by atoms with E-state index in [-0.39, 0.29) is 27.8 Å². The van der Waals surface area contributed by atoms with Crippen molar-refractivity contribution in [2.75, 3.05) is 25.0 Å². The number of azide groups is 3. The number of hydrogen-bond acceptors (Lipinski definition) is 8. The summed E-state index contributed by atoms with van der Waals surface area (Å²) in [5.41, 5.74) is 29.1. The Morgan fingerprint density at radius 2 is 1.87 bits per heavy atom. The number of anilines is 1. The minimum absolute atomic E-state index is 0.0443. The summed E-state index contributed by atoms with van der Waals surface area (Å²) in [6.45, 7) is -2.11. The maximum Gasteiger partial charge on any atom is 0.397 e. The number of primary amides is 1. The number of allylic oxidation sites excluding steroid dienone is 2. The highest BCUT2D eigenvalue weighted by molar-refractivity contribution is 7.17. The van der Waals surface area contributed by atoms with E-state index < -0.39 is 48.7 Å². The van der Waals surface area contributed by atoms with E-state index in [0.717, 1.165) is 11.3 Å². The summed E-state index contributed by atoms with van der Waals surface area (Å²) in [7, 11) is 0. The van der Waals surface area contributed by atoms with Gasteiger partial charge in [0, 0.05) is 34.4 Å². The van der Waals surface area contributed by atoms with Crippen molar-refractivity contribution in [2.24, 2.45) is 26.5 Å². The van der Waals surface area contributed by atoms with E-state index in [9.17, 15) is 22.8 Å². The Kier molecular flexibility index (Phi) is 9.11. The Morgan fingerprint density at radius 3 is 2.46 bits per heavy atom.